The molecule has 2 aliphatic heterocycles. The van der Waals surface area contributed by atoms with Crippen molar-refractivity contribution < 1.29 is 19.1 Å². The molecule has 2 aromatic carbocycles. The van der Waals surface area contributed by atoms with Crippen LogP contribution in [0.1, 0.15) is 17.2 Å². The normalized spacial score (nSPS) is 19.3. The lowest BCUT2D eigenvalue weighted by Gasteiger charge is -2.25. The number of urea groups is 1. The number of nitrogens with one attached hydrogen (secondary N) is 2. The third-order valence-electron chi connectivity index (χ3n) is 4.53. The van der Waals surface area contributed by atoms with Gasteiger partial charge in [0.2, 0.25) is 0 Å². The number of hydrogen-bond donors (Lipinski definition) is 3. The Bertz CT molecular complexity index is 907. The van der Waals surface area contributed by atoms with Crippen LogP contribution in [-0.2, 0) is 11.3 Å². The number of phenolic OH excluding ortho intramolecular Hbond substituents is 1. The van der Waals surface area contributed by atoms with E-state index in [2.05, 4.69) is 10.6 Å². The van der Waals surface area contributed by atoms with Gasteiger partial charge in [-0.15, -0.1) is 0 Å². The molecule has 0 fully saturated rings. The molecule has 0 unspecified atom stereocenters. The Kier molecular flexibility index (Phi) is 3.84. The number of nitrogens with zero attached hydrogens (tertiary/aromatic N) is 1. The average Bonchev–Trinajstić information content (AvgIpc) is 2.92. The summed E-state index contributed by atoms with van der Waals surface area (Å²) in [7, 11) is 0. The molecule has 0 saturated carbocycles. The van der Waals surface area contributed by atoms with Crippen LogP contribution in [0, 0.1) is 5.82 Å². The highest BCUT2D eigenvalue weighted by Crippen LogP contribution is 2.33. The standard InChI is InChI=1S/C19H16FN3O3/c20-13-5-1-11(2-6-13)9-23-10-15-16(18(23)25)17(22-19(26)21-15)12-3-7-14(24)8-4-12/h1-8,17,24H,9-10H2,(H2,21,22,26)/t17-/m0/s1. The lowest BCUT2D eigenvalue weighted by atomic mass is 9.96. The van der Waals surface area contributed by atoms with Crippen LogP contribution in [0.3, 0.4) is 0 Å². The Morgan fingerprint density at radius 1 is 1.08 bits per heavy atom. The third kappa shape index (κ3) is 2.88. The molecular formula is C19H16FN3O3. The number of aromatic hydroxyl groups is 1. The van der Waals surface area contributed by atoms with Crippen molar-refractivity contribution in [3.05, 3.63) is 76.7 Å². The van der Waals surface area contributed by atoms with Gasteiger partial charge in [-0.1, -0.05) is 24.3 Å². The highest BCUT2D eigenvalue weighted by atomic mass is 19.1. The van der Waals surface area contributed by atoms with E-state index in [-0.39, 0.29) is 30.0 Å². The van der Waals surface area contributed by atoms with Gasteiger partial charge >= 0.3 is 6.03 Å². The number of hydrogen-bond acceptors (Lipinski definition) is 3. The molecule has 26 heavy (non-hydrogen) atoms. The average molecular weight is 353 g/mol. The summed E-state index contributed by atoms with van der Waals surface area (Å²) >= 11 is 0. The molecule has 1 atom stereocenters. The number of benzene rings is 2. The monoisotopic (exact) mass is 353 g/mol. The third-order valence-corrected chi connectivity index (χ3v) is 4.53. The Morgan fingerprint density at radius 3 is 2.46 bits per heavy atom. The molecule has 132 valence electrons. The number of carbonyl (C=O) groups excluding carboxylic acids is 2. The van der Waals surface area contributed by atoms with E-state index in [4.69, 9.17) is 0 Å². The fourth-order valence-electron chi connectivity index (χ4n) is 3.28. The van der Waals surface area contributed by atoms with Gasteiger partial charge in [-0.05, 0) is 35.4 Å². The molecule has 7 heteroatoms. The molecule has 0 bridgehead atoms. The fourth-order valence-corrected chi connectivity index (χ4v) is 3.28. The first-order valence-corrected chi connectivity index (χ1v) is 8.14. The predicted octanol–water partition coefficient (Wildman–Crippen LogP) is 2.18. The minimum atomic E-state index is -0.579. The van der Waals surface area contributed by atoms with Crippen LogP contribution in [0.4, 0.5) is 9.18 Å². The van der Waals surface area contributed by atoms with Crippen molar-refractivity contribution in [2.75, 3.05) is 6.54 Å². The lowest BCUT2D eigenvalue weighted by Crippen LogP contribution is -2.44. The molecule has 2 aromatic rings. The first-order chi connectivity index (χ1) is 12.5. The molecule has 3 amide bonds. The van der Waals surface area contributed by atoms with Crippen molar-refractivity contribution in [3.63, 3.8) is 0 Å². The first kappa shape index (κ1) is 16.1. The van der Waals surface area contributed by atoms with Crippen molar-refractivity contribution in [1.82, 2.24) is 15.5 Å². The zero-order valence-corrected chi connectivity index (χ0v) is 13.7. The van der Waals surface area contributed by atoms with Gasteiger partial charge in [0.1, 0.15) is 11.6 Å². The van der Waals surface area contributed by atoms with Crippen molar-refractivity contribution in [2.45, 2.75) is 12.6 Å². The van der Waals surface area contributed by atoms with Crippen LogP contribution in [0.25, 0.3) is 0 Å². The quantitative estimate of drug-likeness (QED) is 0.791. The maximum atomic E-state index is 13.1. The van der Waals surface area contributed by atoms with Crippen LogP contribution in [-0.4, -0.2) is 28.5 Å². The summed E-state index contributed by atoms with van der Waals surface area (Å²) in [5.41, 5.74) is 2.57. The van der Waals surface area contributed by atoms with E-state index in [0.29, 0.717) is 23.4 Å². The summed E-state index contributed by atoms with van der Waals surface area (Å²) < 4.78 is 13.1. The molecule has 0 spiro atoms. The number of carbonyl (C=O) groups is 2. The highest BCUT2D eigenvalue weighted by molar-refractivity contribution is 6.01. The van der Waals surface area contributed by atoms with E-state index in [1.165, 1.54) is 24.3 Å². The van der Waals surface area contributed by atoms with Crippen LogP contribution in [0.5, 0.6) is 5.75 Å². The number of halogens is 1. The van der Waals surface area contributed by atoms with Crippen molar-refractivity contribution >= 4 is 11.9 Å². The van der Waals surface area contributed by atoms with Gasteiger partial charge in [-0.2, -0.15) is 0 Å². The topological polar surface area (TPSA) is 81.7 Å². The Morgan fingerprint density at radius 2 is 1.77 bits per heavy atom. The molecular weight excluding hydrogens is 337 g/mol. The summed E-state index contributed by atoms with van der Waals surface area (Å²) in [4.78, 5) is 26.5. The zero-order valence-electron chi connectivity index (χ0n) is 13.7. The van der Waals surface area contributed by atoms with Crippen molar-refractivity contribution in [2.24, 2.45) is 0 Å². The number of rotatable bonds is 3. The van der Waals surface area contributed by atoms with E-state index in [9.17, 15) is 19.1 Å². The minimum absolute atomic E-state index is 0.110. The van der Waals surface area contributed by atoms with Gasteiger partial charge in [-0.3, -0.25) is 4.79 Å². The molecule has 6 nitrogen and oxygen atoms in total. The second-order valence-corrected chi connectivity index (χ2v) is 6.30. The largest absolute Gasteiger partial charge is 0.508 e. The molecule has 3 N–H and O–H groups in total. The van der Waals surface area contributed by atoms with Gasteiger partial charge in [0.15, 0.2) is 0 Å². The van der Waals surface area contributed by atoms with Gasteiger partial charge in [0.05, 0.1) is 23.9 Å². The molecule has 4 rings (SSSR count). The molecule has 0 aliphatic carbocycles. The predicted molar refractivity (Wildman–Crippen MR) is 91.4 cm³/mol. The zero-order chi connectivity index (χ0) is 18.3. The number of amides is 3. The summed E-state index contributed by atoms with van der Waals surface area (Å²) in [5, 5.41) is 14.9. The van der Waals surface area contributed by atoms with Gasteiger partial charge in [0.25, 0.3) is 5.91 Å². The van der Waals surface area contributed by atoms with E-state index < -0.39 is 6.04 Å². The van der Waals surface area contributed by atoms with Crippen LogP contribution >= 0.6 is 0 Å². The summed E-state index contributed by atoms with van der Waals surface area (Å²) in [5.74, 6) is -0.406. The van der Waals surface area contributed by atoms with E-state index in [1.54, 1.807) is 29.2 Å². The van der Waals surface area contributed by atoms with Gasteiger partial charge in [-0.25, -0.2) is 9.18 Å². The van der Waals surface area contributed by atoms with Crippen LogP contribution in [0.2, 0.25) is 0 Å². The molecule has 0 aromatic heterocycles. The van der Waals surface area contributed by atoms with E-state index >= 15 is 0 Å². The van der Waals surface area contributed by atoms with Crippen molar-refractivity contribution in [3.8, 4) is 5.75 Å². The maximum absolute atomic E-state index is 13.1. The lowest BCUT2D eigenvalue weighted by molar-refractivity contribution is -0.126. The number of phenols is 1. The van der Waals surface area contributed by atoms with Crippen LogP contribution in [0.15, 0.2) is 59.8 Å². The molecule has 2 heterocycles. The van der Waals surface area contributed by atoms with Gasteiger partial charge < -0.3 is 20.6 Å². The van der Waals surface area contributed by atoms with Crippen molar-refractivity contribution in [1.29, 1.82) is 0 Å². The second kappa shape index (κ2) is 6.18. The van der Waals surface area contributed by atoms with Crippen LogP contribution < -0.4 is 10.6 Å². The van der Waals surface area contributed by atoms with E-state index in [0.717, 1.165) is 5.56 Å². The van der Waals surface area contributed by atoms with E-state index in [1.807, 2.05) is 0 Å². The first-order valence-electron chi connectivity index (χ1n) is 8.14. The van der Waals surface area contributed by atoms with Gasteiger partial charge in [0, 0.05) is 6.54 Å². The smallest absolute Gasteiger partial charge is 0.319 e. The Hall–Kier alpha value is -3.35. The molecule has 2 aliphatic rings. The molecule has 0 saturated heterocycles. The Balaban J connectivity index is 1.61. The molecule has 0 radical (unpaired) electrons. The maximum Gasteiger partial charge on any atom is 0.319 e. The second-order valence-electron chi connectivity index (χ2n) is 6.30. The summed E-state index contributed by atoms with van der Waals surface area (Å²) in [6.45, 7) is 0.609. The SMILES string of the molecule is O=C1NC2=C(C(=O)N(Cc3ccc(F)cc3)C2)[C@H](c2ccc(O)cc2)N1. The summed E-state index contributed by atoms with van der Waals surface area (Å²) in [6.07, 6.45) is 0. The fraction of sp³-hybridized carbons (Fsp3) is 0.158. The summed E-state index contributed by atoms with van der Waals surface area (Å²) in [6, 6.07) is 11.4. The minimum Gasteiger partial charge on any atom is -0.508 e. The Labute approximate surface area is 148 Å². The highest BCUT2D eigenvalue weighted by Gasteiger charge is 2.40.